The summed E-state index contributed by atoms with van der Waals surface area (Å²) >= 11 is 18.2. The number of anilines is 3. The zero-order valence-electron chi connectivity index (χ0n) is 18.1. The molecule has 0 bridgehead atoms. The summed E-state index contributed by atoms with van der Waals surface area (Å²) in [6.07, 6.45) is 0. The number of benzene rings is 3. The standard InChI is InChI=1S/C25H18Cl3N3O3/c1-13-4-3-5-20(14(13)2)31-24(33)21(28)22(25(31)34)29-18-8-6-15(7-9-18)23(32)30-19-11-16(26)10-17(27)12-19/h3-12,29H,1-2H3,(H,30,32). The summed E-state index contributed by atoms with van der Waals surface area (Å²) in [5.41, 5.74) is 3.53. The minimum absolute atomic E-state index is 0.0293. The second-order valence-electron chi connectivity index (χ2n) is 7.67. The fourth-order valence-corrected chi connectivity index (χ4v) is 4.23. The molecule has 6 nitrogen and oxygen atoms in total. The highest BCUT2D eigenvalue weighted by Crippen LogP contribution is 2.33. The Kier molecular flexibility index (Phi) is 6.66. The van der Waals surface area contributed by atoms with Gasteiger partial charge in [-0.05, 0) is 73.5 Å². The zero-order valence-corrected chi connectivity index (χ0v) is 20.3. The number of carbonyl (C=O) groups is 3. The predicted molar refractivity (Wildman–Crippen MR) is 136 cm³/mol. The van der Waals surface area contributed by atoms with Gasteiger partial charge in [0.25, 0.3) is 17.7 Å². The number of hydrogen-bond acceptors (Lipinski definition) is 4. The Morgan fingerprint density at radius 2 is 1.47 bits per heavy atom. The third kappa shape index (κ3) is 4.66. The molecule has 1 aliphatic heterocycles. The number of carbonyl (C=O) groups excluding carboxylic acids is 3. The summed E-state index contributed by atoms with van der Waals surface area (Å²) in [4.78, 5) is 39.4. The van der Waals surface area contributed by atoms with Crippen LogP contribution in [0.4, 0.5) is 17.1 Å². The molecule has 0 saturated heterocycles. The molecule has 34 heavy (non-hydrogen) atoms. The van der Waals surface area contributed by atoms with Crippen molar-refractivity contribution >= 4 is 69.6 Å². The van der Waals surface area contributed by atoms with E-state index < -0.39 is 11.8 Å². The number of imide groups is 1. The fourth-order valence-electron chi connectivity index (χ4n) is 3.49. The van der Waals surface area contributed by atoms with E-state index in [9.17, 15) is 14.4 Å². The van der Waals surface area contributed by atoms with Crippen LogP contribution < -0.4 is 15.5 Å². The van der Waals surface area contributed by atoms with E-state index in [1.807, 2.05) is 19.9 Å². The van der Waals surface area contributed by atoms with Gasteiger partial charge in [0.2, 0.25) is 0 Å². The van der Waals surface area contributed by atoms with E-state index in [0.29, 0.717) is 32.7 Å². The monoisotopic (exact) mass is 513 g/mol. The van der Waals surface area contributed by atoms with Gasteiger partial charge < -0.3 is 10.6 Å². The predicted octanol–water partition coefficient (Wildman–Crippen LogP) is 6.30. The van der Waals surface area contributed by atoms with Crippen molar-refractivity contribution in [2.75, 3.05) is 15.5 Å². The second-order valence-corrected chi connectivity index (χ2v) is 8.92. The largest absolute Gasteiger partial charge is 0.350 e. The molecule has 3 aromatic carbocycles. The van der Waals surface area contributed by atoms with Gasteiger partial charge in [-0.3, -0.25) is 14.4 Å². The molecule has 0 atom stereocenters. The molecule has 2 N–H and O–H groups in total. The normalized spacial score (nSPS) is 13.5. The molecule has 4 rings (SSSR count). The first kappa shape index (κ1) is 23.8. The lowest BCUT2D eigenvalue weighted by molar-refractivity contribution is -0.120. The molecular formula is C25H18Cl3N3O3. The second kappa shape index (κ2) is 9.50. The minimum Gasteiger partial charge on any atom is -0.350 e. The Bertz CT molecular complexity index is 1350. The van der Waals surface area contributed by atoms with Crippen molar-refractivity contribution in [3.63, 3.8) is 0 Å². The maximum Gasteiger partial charge on any atom is 0.283 e. The van der Waals surface area contributed by atoms with Crippen LogP contribution in [-0.2, 0) is 9.59 Å². The van der Waals surface area contributed by atoms with Crippen LogP contribution in [-0.4, -0.2) is 17.7 Å². The molecule has 0 aromatic heterocycles. The first-order valence-corrected chi connectivity index (χ1v) is 11.3. The molecule has 0 saturated carbocycles. The third-order valence-electron chi connectivity index (χ3n) is 5.38. The molecule has 3 amide bonds. The molecule has 0 spiro atoms. The van der Waals surface area contributed by atoms with E-state index in [1.165, 1.54) is 0 Å². The van der Waals surface area contributed by atoms with Gasteiger partial charge in [-0.2, -0.15) is 0 Å². The maximum atomic E-state index is 13.0. The van der Waals surface area contributed by atoms with Crippen LogP contribution in [0.3, 0.4) is 0 Å². The average molecular weight is 515 g/mol. The molecule has 0 radical (unpaired) electrons. The van der Waals surface area contributed by atoms with Crippen molar-refractivity contribution in [2.45, 2.75) is 13.8 Å². The summed E-state index contributed by atoms with van der Waals surface area (Å²) in [5.74, 6) is -1.52. The number of nitrogens with one attached hydrogen (secondary N) is 2. The first-order chi connectivity index (χ1) is 16.2. The number of nitrogens with zero attached hydrogens (tertiary/aromatic N) is 1. The van der Waals surface area contributed by atoms with E-state index in [-0.39, 0.29) is 16.6 Å². The summed E-state index contributed by atoms with van der Waals surface area (Å²) in [6, 6.07) is 16.5. The van der Waals surface area contributed by atoms with Crippen molar-refractivity contribution in [3.05, 3.63) is 98.1 Å². The van der Waals surface area contributed by atoms with E-state index >= 15 is 0 Å². The molecule has 3 aromatic rings. The van der Waals surface area contributed by atoms with Gasteiger partial charge in [-0.15, -0.1) is 0 Å². The van der Waals surface area contributed by atoms with Crippen LogP contribution in [0, 0.1) is 13.8 Å². The molecule has 9 heteroatoms. The Morgan fingerprint density at radius 3 is 2.12 bits per heavy atom. The lowest BCUT2D eigenvalue weighted by Crippen LogP contribution is -2.33. The van der Waals surface area contributed by atoms with Crippen LogP contribution in [0.15, 0.2) is 71.4 Å². The van der Waals surface area contributed by atoms with E-state index in [1.54, 1.807) is 54.6 Å². The highest BCUT2D eigenvalue weighted by Gasteiger charge is 2.39. The fraction of sp³-hybridized carbons (Fsp3) is 0.0800. The number of hydrogen-bond donors (Lipinski definition) is 2. The van der Waals surface area contributed by atoms with Gasteiger partial charge in [-0.1, -0.05) is 46.9 Å². The quantitative estimate of drug-likeness (QED) is 0.392. The minimum atomic E-state index is -0.598. The maximum absolute atomic E-state index is 13.0. The Hall–Kier alpha value is -3.32. The lowest BCUT2D eigenvalue weighted by Gasteiger charge is -2.18. The van der Waals surface area contributed by atoms with Crippen molar-refractivity contribution < 1.29 is 14.4 Å². The first-order valence-electron chi connectivity index (χ1n) is 10.1. The summed E-state index contributed by atoms with van der Waals surface area (Å²) in [7, 11) is 0. The molecule has 0 unspecified atom stereocenters. The van der Waals surface area contributed by atoms with Crippen molar-refractivity contribution in [1.82, 2.24) is 0 Å². The number of rotatable bonds is 5. The van der Waals surface area contributed by atoms with Gasteiger partial charge in [-0.25, -0.2) is 4.90 Å². The highest BCUT2D eigenvalue weighted by atomic mass is 35.5. The zero-order chi connectivity index (χ0) is 24.6. The molecular weight excluding hydrogens is 497 g/mol. The summed E-state index contributed by atoms with van der Waals surface area (Å²) in [5, 5.41) is 6.23. The van der Waals surface area contributed by atoms with Crippen LogP contribution in [0.5, 0.6) is 0 Å². The van der Waals surface area contributed by atoms with Gasteiger partial charge in [0, 0.05) is 27.0 Å². The van der Waals surface area contributed by atoms with Crippen molar-refractivity contribution in [1.29, 1.82) is 0 Å². The Morgan fingerprint density at radius 1 is 0.824 bits per heavy atom. The van der Waals surface area contributed by atoms with Crippen LogP contribution in [0.1, 0.15) is 21.5 Å². The SMILES string of the molecule is Cc1cccc(N2C(=O)C(Cl)=C(Nc3ccc(C(=O)Nc4cc(Cl)cc(Cl)c4)cc3)C2=O)c1C. The van der Waals surface area contributed by atoms with Gasteiger partial charge in [0.05, 0.1) is 5.69 Å². The van der Waals surface area contributed by atoms with Gasteiger partial charge >= 0.3 is 0 Å². The molecule has 0 aliphatic carbocycles. The van der Waals surface area contributed by atoms with Crippen molar-refractivity contribution in [2.24, 2.45) is 0 Å². The van der Waals surface area contributed by atoms with E-state index in [0.717, 1.165) is 16.0 Å². The topological polar surface area (TPSA) is 78.5 Å². The van der Waals surface area contributed by atoms with Crippen LogP contribution in [0.25, 0.3) is 0 Å². The third-order valence-corrected chi connectivity index (χ3v) is 6.17. The molecule has 0 fully saturated rings. The van der Waals surface area contributed by atoms with Gasteiger partial charge in [0.1, 0.15) is 10.7 Å². The number of aryl methyl sites for hydroxylation is 1. The van der Waals surface area contributed by atoms with Crippen LogP contribution in [0.2, 0.25) is 10.0 Å². The highest BCUT2D eigenvalue weighted by molar-refractivity contribution is 6.53. The number of amides is 3. The average Bonchev–Trinajstić information content (AvgIpc) is 2.99. The van der Waals surface area contributed by atoms with E-state index in [2.05, 4.69) is 10.6 Å². The van der Waals surface area contributed by atoms with E-state index in [4.69, 9.17) is 34.8 Å². The van der Waals surface area contributed by atoms with Crippen molar-refractivity contribution in [3.8, 4) is 0 Å². The molecule has 172 valence electrons. The smallest absolute Gasteiger partial charge is 0.283 e. The lowest BCUT2D eigenvalue weighted by atomic mass is 10.1. The Labute approximate surface area is 211 Å². The Balaban J connectivity index is 1.50. The number of halogens is 3. The summed E-state index contributed by atoms with van der Waals surface area (Å²) < 4.78 is 0. The molecule has 1 aliphatic rings. The summed E-state index contributed by atoms with van der Waals surface area (Å²) in [6.45, 7) is 3.74. The van der Waals surface area contributed by atoms with Crippen LogP contribution >= 0.6 is 34.8 Å². The van der Waals surface area contributed by atoms with Gasteiger partial charge in [0.15, 0.2) is 0 Å². The molecule has 1 heterocycles.